The minimum absolute atomic E-state index is 0.0610. The third kappa shape index (κ3) is 5.52. The van der Waals surface area contributed by atoms with E-state index in [0.29, 0.717) is 0 Å². The minimum atomic E-state index is -4.39. The summed E-state index contributed by atoms with van der Waals surface area (Å²) in [5, 5.41) is 4.87. The van der Waals surface area contributed by atoms with Crippen LogP contribution in [0.15, 0.2) is 23.1 Å². The van der Waals surface area contributed by atoms with E-state index in [1.54, 1.807) is 0 Å². The summed E-state index contributed by atoms with van der Waals surface area (Å²) in [5.74, 6) is -0.786. The summed E-state index contributed by atoms with van der Waals surface area (Å²) in [7, 11) is -2.91. The first-order valence-corrected chi connectivity index (χ1v) is 7.48. The van der Waals surface area contributed by atoms with Gasteiger partial charge in [0.15, 0.2) is 0 Å². The van der Waals surface area contributed by atoms with E-state index < -0.39 is 35.1 Å². The average Bonchev–Trinajstić information content (AvgIpc) is 2.32. The van der Waals surface area contributed by atoms with Crippen molar-refractivity contribution in [1.82, 2.24) is 4.90 Å². The third-order valence-corrected chi connectivity index (χ3v) is 3.64. The lowest BCUT2D eigenvalue weighted by atomic mass is 10.2. The lowest BCUT2D eigenvalue weighted by molar-refractivity contribution is -0.136. The number of benzene rings is 1. The van der Waals surface area contributed by atoms with Crippen LogP contribution in [0.25, 0.3) is 0 Å². The molecule has 10 heteroatoms. The van der Waals surface area contributed by atoms with E-state index >= 15 is 0 Å². The number of amides is 1. The van der Waals surface area contributed by atoms with Crippen molar-refractivity contribution in [3.63, 3.8) is 0 Å². The number of primary sulfonamides is 1. The monoisotopic (exact) mass is 344 g/mol. The first-order chi connectivity index (χ1) is 9.40. The van der Waals surface area contributed by atoms with Gasteiger partial charge in [0.25, 0.3) is 5.91 Å². The molecule has 2 N–H and O–H groups in total. The van der Waals surface area contributed by atoms with E-state index in [-0.39, 0.29) is 15.5 Å². The van der Waals surface area contributed by atoms with E-state index in [1.807, 2.05) is 0 Å². The third-order valence-electron chi connectivity index (χ3n) is 2.52. The maximum absolute atomic E-state index is 12.1. The Labute approximate surface area is 124 Å². The fraction of sp³-hybridized carbons (Fsp3) is 0.364. The highest BCUT2D eigenvalue weighted by Gasteiger charge is 2.28. The highest BCUT2D eigenvalue weighted by molar-refractivity contribution is 7.89. The summed E-state index contributed by atoms with van der Waals surface area (Å²) in [6.45, 7) is -0.556. The highest BCUT2D eigenvalue weighted by Crippen LogP contribution is 2.22. The standard InChI is InChI=1S/C11H12ClF3N2O3S/c1-17(3-2-11(13,14)15)10(18)7-4-8(12)6-9(5-7)21(16,19)20/h4-6H,2-3H2,1H3,(H2,16,19,20). The Balaban J connectivity index is 3.00. The Morgan fingerprint density at radius 1 is 1.33 bits per heavy atom. The second kappa shape index (κ2) is 6.20. The molecule has 0 aromatic heterocycles. The Hall–Kier alpha value is -1.32. The number of carbonyl (C=O) groups excluding carboxylic acids is 1. The van der Waals surface area contributed by atoms with Gasteiger partial charge >= 0.3 is 6.18 Å². The lowest BCUT2D eigenvalue weighted by Crippen LogP contribution is -2.30. The first-order valence-electron chi connectivity index (χ1n) is 5.56. The summed E-state index contributed by atoms with van der Waals surface area (Å²) >= 11 is 5.68. The number of carbonyl (C=O) groups is 1. The fourth-order valence-corrected chi connectivity index (χ4v) is 2.35. The number of rotatable bonds is 4. The van der Waals surface area contributed by atoms with E-state index in [2.05, 4.69) is 0 Å². The van der Waals surface area contributed by atoms with Crippen molar-refractivity contribution < 1.29 is 26.4 Å². The second-order valence-corrected chi connectivity index (χ2v) is 6.31. The maximum Gasteiger partial charge on any atom is 0.390 e. The van der Waals surface area contributed by atoms with Crippen LogP contribution in [-0.2, 0) is 10.0 Å². The van der Waals surface area contributed by atoms with Gasteiger partial charge in [-0.25, -0.2) is 13.6 Å². The summed E-state index contributed by atoms with van der Waals surface area (Å²) in [5.41, 5.74) is -0.156. The van der Waals surface area contributed by atoms with Gasteiger partial charge in [0.2, 0.25) is 10.0 Å². The van der Waals surface area contributed by atoms with Crippen molar-refractivity contribution in [2.24, 2.45) is 5.14 Å². The van der Waals surface area contributed by atoms with E-state index in [4.69, 9.17) is 16.7 Å². The number of alkyl halides is 3. The van der Waals surface area contributed by atoms with Crippen LogP contribution >= 0.6 is 11.6 Å². The molecule has 21 heavy (non-hydrogen) atoms. The Morgan fingerprint density at radius 2 is 1.90 bits per heavy atom. The quantitative estimate of drug-likeness (QED) is 0.907. The van der Waals surface area contributed by atoms with Gasteiger partial charge in [0, 0.05) is 24.2 Å². The van der Waals surface area contributed by atoms with Crippen LogP contribution in [0.4, 0.5) is 13.2 Å². The zero-order chi connectivity index (χ0) is 16.4. The van der Waals surface area contributed by atoms with E-state index in [9.17, 15) is 26.4 Å². The fourth-order valence-electron chi connectivity index (χ4n) is 1.47. The van der Waals surface area contributed by atoms with Crippen LogP contribution in [0.5, 0.6) is 0 Å². The molecule has 118 valence electrons. The summed E-state index contributed by atoms with van der Waals surface area (Å²) in [6, 6.07) is 3.17. The van der Waals surface area contributed by atoms with E-state index in [1.165, 1.54) is 7.05 Å². The van der Waals surface area contributed by atoms with Gasteiger partial charge in [0.05, 0.1) is 11.3 Å². The molecule has 0 bridgehead atoms. The maximum atomic E-state index is 12.1. The van der Waals surface area contributed by atoms with Crippen molar-refractivity contribution in [3.8, 4) is 0 Å². The van der Waals surface area contributed by atoms with Crippen molar-refractivity contribution in [3.05, 3.63) is 28.8 Å². The normalized spacial score (nSPS) is 12.3. The molecule has 0 aliphatic heterocycles. The molecule has 0 aliphatic rings. The Bertz CT molecular complexity index is 647. The van der Waals surface area contributed by atoms with Crippen LogP contribution in [-0.4, -0.2) is 39.0 Å². The van der Waals surface area contributed by atoms with E-state index in [0.717, 1.165) is 23.1 Å². The van der Waals surface area contributed by atoms with Crippen molar-refractivity contribution in [1.29, 1.82) is 0 Å². The summed E-state index contributed by atoms with van der Waals surface area (Å²) in [6.07, 6.45) is -5.56. The molecule has 0 fully saturated rings. The molecule has 1 aromatic carbocycles. The number of hydrogen-bond acceptors (Lipinski definition) is 3. The van der Waals surface area contributed by atoms with Crippen LogP contribution in [0.2, 0.25) is 5.02 Å². The Morgan fingerprint density at radius 3 is 2.38 bits per heavy atom. The second-order valence-electron chi connectivity index (χ2n) is 4.31. The highest BCUT2D eigenvalue weighted by atomic mass is 35.5. The van der Waals surface area contributed by atoms with Gasteiger partial charge in [-0.1, -0.05) is 11.6 Å². The van der Waals surface area contributed by atoms with Gasteiger partial charge < -0.3 is 4.90 Å². The van der Waals surface area contributed by atoms with Crippen LogP contribution in [0.1, 0.15) is 16.8 Å². The van der Waals surface area contributed by atoms with Gasteiger partial charge in [-0.2, -0.15) is 13.2 Å². The van der Waals surface area contributed by atoms with Crippen LogP contribution < -0.4 is 5.14 Å². The zero-order valence-electron chi connectivity index (χ0n) is 10.8. The SMILES string of the molecule is CN(CCC(F)(F)F)C(=O)c1cc(Cl)cc(S(N)(=O)=O)c1. The van der Waals surface area contributed by atoms with Crippen LogP contribution in [0.3, 0.4) is 0 Å². The number of nitrogens with two attached hydrogens (primary N) is 1. The predicted molar refractivity (Wildman–Crippen MR) is 70.5 cm³/mol. The molecule has 0 unspecified atom stereocenters. The number of hydrogen-bond donors (Lipinski definition) is 1. The molecule has 1 aromatic rings. The molecule has 0 saturated carbocycles. The van der Waals surface area contributed by atoms with Gasteiger partial charge in [-0.05, 0) is 18.2 Å². The largest absolute Gasteiger partial charge is 0.390 e. The molecular weight excluding hydrogens is 333 g/mol. The van der Waals surface area contributed by atoms with Crippen molar-refractivity contribution in [2.75, 3.05) is 13.6 Å². The number of nitrogens with zero attached hydrogens (tertiary/aromatic N) is 1. The smallest absolute Gasteiger partial charge is 0.341 e. The van der Waals surface area contributed by atoms with Gasteiger partial charge in [-0.15, -0.1) is 0 Å². The number of sulfonamides is 1. The molecule has 1 amide bonds. The molecule has 0 spiro atoms. The van der Waals surface area contributed by atoms with Crippen molar-refractivity contribution >= 4 is 27.5 Å². The summed E-state index contributed by atoms with van der Waals surface area (Å²) < 4.78 is 58.8. The van der Waals surface area contributed by atoms with Crippen LogP contribution in [0, 0.1) is 0 Å². The molecule has 5 nitrogen and oxygen atoms in total. The topological polar surface area (TPSA) is 80.5 Å². The first kappa shape index (κ1) is 17.7. The predicted octanol–water partition coefficient (Wildman–Crippen LogP) is 2.01. The minimum Gasteiger partial charge on any atom is -0.341 e. The van der Waals surface area contributed by atoms with Gasteiger partial charge in [0.1, 0.15) is 0 Å². The van der Waals surface area contributed by atoms with Crippen molar-refractivity contribution in [2.45, 2.75) is 17.5 Å². The molecule has 0 aliphatic carbocycles. The molecular formula is C11H12ClF3N2O3S. The Kier molecular flexibility index (Phi) is 5.24. The van der Waals surface area contributed by atoms with Gasteiger partial charge in [-0.3, -0.25) is 4.79 Å². The molecule has 0 heterocycles. The molecule has 0 saturated heterocycles. The average molecular weight is 345 g/mol. The lowest BCUT2D eigenvalue weighted by Gasteiger charge is -2.18. The summed E-state index contributed by atoms with van der Waals surface area (Å²) in [4.78, 5) is 12.4. The molecule has 1 rings (SSSR count). The molecule has 0 radical (unpaired) electrons. The number of halogens is 4. The zero-order valence-corrected chi connectivity index (χ0v) is 12.4. The molecule has 0 atom stereocenters.